The molecule has 0 atom stereocenters. The van der Waals surface area contributed by atoms with Crippen LogP contribution in [0.15, 0.2) is 41.8 Å². The summed E-state index contributed by atoms with van der Waals surface area (Å²) in [6.07, 6.45) is 0. The number of nitrogens with zero attached hydrogens (tertiary/aromatic N) is 2. The summed E-state index contributed by atoms with van der Waals surface area (Å²) in [7, 11) is 1.30. The van der Waals surface area contributed by atoms with Crippen molar-refractivity contribution >= 4 is 49.9 Å². The third kappa shape index (κ3) is 3.79. The van der Waals surface area contributed by atoms with E-state index in [1.807, 2.05) is 22.1 Å². The van der Waals surface area contributed by atoms with Crippen LogP contribution >= 0.6 is 22.7 Å². The number of amides is 1. The summed E-state index contributed by atoms with van der Waals surface area (Å²) >= 11 is 2.59. The third-order valence-electron chi connectivity index (χ3n) is 4.37. The second-order valence-electron chi connectivity index (χ2n) is 6.29. The average molecular weight is 429 g/mol. The summed E-state index contributed by atoms with van der Waals surface area (Å²) in [5.41, 5.74) is 2.58. The van der Waals surface area contributed by atoms with Crippen LogP contribution in [0, 0.1) is 12.7 Å². The zero-order valence-corrected chi connectivity index (χ0v) is 17.2. The van der Waals surface area contributed by atoms with E-state index < -0.39 is 5.97 Å². The number of nitrogens with one attached hydrogen (secondary N) is 1. The van der Waals surface area contributed by atoms with E-state index in [0.29, 0.717) is 27.9 Å². The molecule has 0 radical (unpaired) electrons. The molecular formula is C20H16FN3O3S2. The number of methoxy groups -OCH3 is 1. The molecule has 0 aliphatic rings. The van der Waals surface area contributed by atoms with Crippen LogP contribution in [0.1, 0.15) is 31.4 Å². The molecule has 1 aromatic carbocycles. The average Bonchev–Trinajstić information content (AvgIpc) is 3.37. The van der Waals surface area contributed by atoms with Crippen molar-refractivity contribution in [2.24, 2.45) is 0 Å². The molecule has 1 N–H and O–H groups in total. The summed E-state index contributed by atoms with van der Waals surface area (Å²) in [6, 6.07) is 10.0. The Labute approximate surface area is 173 Å². The van der Waals surface area contributed by atoms with E-state index in [4.69, 9.17) is 4.74 Å². The second kappa shape index (κ2) is 7.76. The first kappa shape index (κ1) is 19.3. The largest absolute Gasteiger partial charge is 0.465 e. The van der Waals surface area contributed by atoms with Gasteiger partial charge in [-0.05, 0) is 42.1 Å². The van der Waals surface area contributed by atoms with Crippen LogP contribution in [-0.4, -0.2) is 28.5 Å². The predicted molar refractivity (Wildman–Crippen MR) is 111 cm³/mol. The number of benzene rings is 1. The zero-order valence-electron chi connectivity index (χ0n) is 15.6. The molecule has 0 aliphatic carbocycles. The summed E-state index contributed by atoms with van der Waals surface area (Å²) in [5.74, 6) is -1.17. The molecule has 3 aromatic heterocycles. The van der Waals surface area contributed by atoms with E-state index in [-0.39, 0.29) is 11.7 Å². The number of esters is 1. The van der Waals surface area contributed by atoms with Crippen LogP contribution in [0.25, 0.3) is 10.2 Å². The topological polar surface area (TPSA) is 73.2 Å². The van der Waals surface area contributed by atoms with Crippen molar-refractivity contribution in [1.29, 1.82) is 0 Å². The van der Waals surface area contributed by atoms with Crippen molar-refractivity contribution in [1.82, 2.24) is 9.55 Å². The smallest absolute Gasteiger partial charge is 0.350 e. The molecule has 0 aliphatic heterocycles. The monoisotopic (exact) mass is 429 g/mol. The first-order valence-electron chi connectivity index (χ1n) is 8.64. The lowest BCUT2D eigenvalue weighted by Gasteiger charge is -2.10. The van der Waals surface area contributed by atoms with Crippen LogP contribution in [0.5, 0.6) is 0 Å². The number of rotatable bonds is 5. The first-order valence-corrected chi connectivity index (χ1v) is 10.3. The highest BCUT2D eigenvalue weighted by molar-refractivity contribution is 7.18. The number of thiazole rings is 1. The number of anilines is 1. The molecule has 148 valence electrons. The molecule has 29 heavy (non-hydrogen) atoms. The lowest BCUT2D eigenvalue weighted by molar-refractivity contribution is 0.0605. The lowest BCUT2D eigenvalue weighted by atomic mass is 10.2. The standard InChI is InChI=1S/C20H16FN3O3S2/c1-11-17(19(26)27-2)29-20(22-11)23-18(25)15-9-16-14(6-7-28-16)24(15)10-12-4-3-5-13(21)8-12/h3-9H,10H2,1-2H3,(H,22,23,25). The fraction of sp³-hybridized carbons (Fsp3) is 0.150. The van der Waals surface area contributed by atoms with Crippen molar-refractivity contribution in [3.05, 3.63) is 69.4 Å². The van der Waals surface area contributed by atoms with Crippen LogP contribution in [-0.2, 0) is 11.3 Å². The zero-order chi connectivity index (χ0) is 20.5. The van der Waals surface area contributed by atoms with Gasteiger partial charge < -0.3 is 9.30 Å². The number of carbonyl (C=O) groups excluding carboxylic acids is 2. The summed E-state index contributed by atoms with van der Waals surface area (Å²) in [6.45, 7) is 2.03. The molecule has 1 amide bonds. The molecule has 0 bridgehead atoms. The summed E-state index contributed by atoms with van der Waals surface area (Å²) in [5, 5.41) is 5.02. The van der Waals surface area contributed by atoms with Gasteiger partial charge in [0.2, 0.25) is 0 Å². The van der Waals surface area contributed by atoms with Crippen LogP contribution < -0.4 is 5.32 Å². The van der Waals surface area contributed by atoms with Gasteiger partial charge in [0, 0.05) is 6.54 Å². The predicted octanol–water partition coefficient (Wildman–Crippen LogP) is 4.69. The van der Waals surface area contributed by atoms with Crippen LogP contribution in [0.2, 0.25) is 0 Å². The lowest BCUT2D eigenvalue weighted by Crippen LogP contribution is -2.17. The maximum atomic E-state index is 13.6. The van der Waals surface area contributed by atoms with Crippen molar-refractivity contribution in [3.63, 3.8) is 0 Å². The quantitative estimate of drug-likeness (QED) is 0.467. The Hall–Kier alpha value is -3.04. The number of thiophene rings is 1. The minimum absolute atomic E-state index is 0.315. The van der Waals surface area contributed by atoms with E-state index in [9.17, 15) is 14.0 Å². The van der Waals surface area contributed by atoms with Gasteiger partial charge >= 0.3 is 5.97 Å². The molecule has 0 unspecified atom stereocenters. The third-order valence-corrected chi connectivity index (χ3v) is 6.28. The number of hydrogen-bond donors (Lipinski definition) is 1. The van der Waals surface area contributed by atoms with Gasteiger partial charge in [-0.15, -0.1) is 11.3 Å². The molecular weight excluding hydrogens is 413 g/mol. The molecule has 0 saturated heterocycles. The van der Waals surface area contributed by atoms with Gasteiger partial charge in [0.1, 0.15) is 16.4 Å². The van der Waals surface area contributed by atoms with Gasteiger partial charge in [0.15, 0.2) is 5.13 Å². The Bertz CT molecular complexity index is 1220. The number of carbonyl (C=O) groups is 2. The van der Waals surface area contributed by atoms with Gasteiger partial charge in [-0.3, -0.25) is 10.1 Å². The van der Waals surface area contributed by atoms with Crippen molar-refractivity contribution in [2.75, 3.05) is 12.4 Å². The van der Waals surface area contributed by atoms with E-state index in [1.165, 1.54) is 30.6 Å². The highest BCUT2D eigenvalue weighted by Crippen LogP contribution is 2.28. The molecule has 0 spiro atoms. The summed E-state index contributed by atoms with van der Waals surface area (Å²) < 4.78 is 21.1. The molecule has 0 fully saturated rings. The van der Waals surface area contributed by atoms with Crippen molar-refractivity contribution in [3.8, 4) is 0 Å². The Morgan fingerprint density at radius 2 is 2.10 bits per heavy atom. The Morgan fingerprint density at radius 1 is 1.28 bits per heavy atom. The number of aryl methyl sites for hydroxylation is 1. The number of fused-ring (bicyclic) bond motifs is 1. The minimum atomic E-state index is -0.490. The second-order valence-corrected chi connectivity index (χ2v) is 8.24. The SMILES string of the molecule is COC(=O)c1sc(NC(=O)c2cc3sccc3n2Cc2cccc(F)c2)nc1C. The minimum Gasteiger partial charge on any atom is -0.465 e. The van der Waals surface area contributed by atoms with E-state index in [2.05, 4.69) is 10.3 Å². The number of halogens is 1. The van der Waals surface area contributed by atoms with E-state index in [0.717, 1.165) is 27.1 Å². The molecule has 4 aromatic rings. The van der Waals surface area contributed by atoms with Crippen molar-refractivity contribution in [2.45, 2.75) is 13.5 Å². The highest BCUT2D eigenvalue weighted by atomic mass is 32.1. The Balaban J connectivity index is 1.66. The van der Waals surface area contributed by atoms with Crippen LogP contribution in [0.4, 0.5) is 9.52 Å². The van der Waals surface area contributed by atoms with Gasteiger partial charge in [-0.2, -0.15) is 0 Å². The van der Waals surface area contributed by atoms with Gasteiger partial charge in [-0.25, -0.2) is 14.2 Å². The molecule has 4 rings (SSSR count). The normalized spacial score (nSPS) is 11.0. The van der Waals surface area contributed by atoms with E-state index >= 15 is 0 Å². The van der Waals surface area contributed by atoms with Crippen molar-refractivity contribution < 1.29 is 18.7 Å². The molecule has 6 nitrogen and oxygen atoms in total. The highest BCUT2D eigenvalue weighted by Gasteiger charge is 2.21. The molecule has 0 saturated carbocycles. The Morgan fingerprint density at radius 3 is 2.86 bits per heavy atom. The maximum absolute atomic E-state index is 13.6. The fourth-order valence-electron chi connectivity index (χ4n) is 3.05. The Kier molecular flexibility index (Phi) is 5.16. The van der Waals surface area contributed by atoms with Gasteiger partial charge in [-0.1, -0.05) is 23.5 Å². The molecule has 9 heteroatoms. The maximum Gasteiger partial charge on any atom is 0.350 e. The number of ether oxygens (including phenoxy) is 1. The number of hydrogen-bond acceptors (Lipinski definition) is 6. The first-order chi connectivity index (χ1) is 14.0. The number of aromatic nitrogens is 2. The van der Waals surface area contributed by atoms with E-state index in [1.54, 1.807) is 19.1 Å². The van der Waals surface area contributed by atoms with Crippen LogP contribution in [0.3, 0.4) is 0 Å². The molecule has 3 heterocycles. The fourth-order valence-corrected chi connectivity index (χ4v) is 4.75. The van der Waals surface area contributed by atoms with Gasteiger partial charge in [0.05, 0.1) is 23.0 Å². The summed E-state index contributed by atoms with van der Waals surface area (Å²) in [4.78, 5) is 29.3. The van der Waals surface area contributed by atoms with Gasteiger partial charge in [0.25, 0.3) is 5.91 Å².